The molecule has 0 bridgehead atoms. The minimum atomic E-state index is 0.202. The van der Waals surface area contributed by atoms with E-state index in [9.17, 15) is 4.79 Å². The molecule has 1 amide bonds. The molecule has 0 aromatic carbocycles. The van der Waals surface area contributed by atoms with Gasteiger partial charge in [0.05, 0.1) is 6.61 Å². The van der Waals surface area contributed by atoms with E-state index in [1.54, 1.807) is 0 Å². The summed E-state index contributed by atoms with van der Waals surface area (Å²) in [6.07, 6.45) is 4.06. The molecule has 0 radical (unpaired) electrons. The van der Waals surface area contributed by atoms with E-state index in [4.69, 9.17) is 4.74 Å². The number of likely N-dealkylation sites (N-methyl/N-ethyl adjacent to an activating group) is 1. The predicted molar refractivity (Wildman–Crippen MR) is 57.6 cm³/mol. The fraction of sp³-hybridized carbons (Fsp3) is 0.909. The van der Waals surface area contributed by atoms with Crippen LogP contribution in [-0.4, -0.2) is 49.7 Å². The lowest BCUT2D eigenvalue weighted by Crippen LogP contribution is -2.45. The molecule has 0 spiro atoms. The van der Waals surface area contributed by atoms with Gasteiger partial charge in [-0.2, -0.15) is 0 Å². The average molecular weight is 212 g/mol. The maximum Gasteiger partial charge on any atom is 0.220 e. The zero-order valence-electron chi connectivity index (χ0n) is 9.37. The van der Waals surface area contributed by atoms with E-state index >= 15 is 0 Å². The Kier molecular flexibility index (Phi) is 3.59. The van der Waals surface area contributed by atoms with Crippen molar-refractivity contribution in [1.82, 2.24) is 10.2 Å². The van der Waals surface area contributed by atoms with Gasteiger partial charge >= 0.3 is 0 Å². The smallest absolute Gasteiger partial charge is 0.220 e. The van der Waals surface area contributed by atoms with Crippen molar-refractivity contribution in [2.75, 3.05) is 26.8 Å². The summed E-state index contributed by atoms with van der Waals surface area (Å²) >= 11 is 0. The molecule has 86 valence electrons. The lowest BCUT2D eigenvalue weighted by Gasteiger charge is -2.32. The zero-order valence-corrected chi connectivity index (χ0v) is 9.37. The van der Waals surface area contributed by atoms with Crippen molar-refractivity contribution < 1.29 is 9.53 Å². The Morgan fingerprint density at radius 1 is 1.53 bits per heavy atom. The van der Waals surface area contributed by atoms with Crippen molar-refractivity contribution in [1.29, 1.82) is 0 Å². The van der Waals surface area contributed by atoms with E-state index in [1.807, 2.05) is 0 Å². The Bertz CT molecular complexity index is 227. The maximum atomic E-state index is 11.1. The Morgan fingerprint density at radius 3 is 3.00 bits per heavy atom. The number of nitrogens with zero attached hydrogens (tertiary/aromatic N) is 1. The van der Waals surface area contributed by atoms with Gasteiger partial charge < -0.3 is 10.1 Å². The molecule has 2 saturated heterocycles. The van der Waals surface area contributed by atoms with Crippen LogP contribution in [-0.2, 0) is 9.53 Å². The monoisotopic (exact) mass is 212 g/mol. The summed E-state index contributed by atoms with van der Waals surface area (Å²) in [6, 6.07) is 0.890. The largest absolute Gasteiger partial charge is 0.380 e. The van der Waals surface area contributed by atoms with E-state index in [0.717, 1.165) is 32.6 Å². The van der Waals surface area contributed by atoms with Crippen LogP contribution in [0, 0.1) is 0 Å². The van der Waals surface area contributed by atoms with Gasteiger partial charge in [-0.05, 0) is 26.3 Å². The third-order valence-corrected chi connectivity index (χ3v) is 3.35. The van der Waals surface area contributed by atoms with Crippen LogP contribution in [0.1, 0.15) is 25.7 Å². The lowest BCUT2D eigenvalue weighted by atomic mass is 10.1. The standard InChI is InChI=1S/C11H20N2O2/c1-13(10-3-2-6-15-8-10)7-9-4-5-11(14)12-9/h9-10H,2-8H2,1H3,(H,12,14)/t9-,10?/m0/s1. The van der Waals surface area contributed by atoms with E-state index in [-0.39, 0.29) is 5.91 Å². The van der Waals surface area contributed by atoms with Gasteiger partial charge in [0.25, 0.3) is 0 Å². The van der Waals surface area contributed by atoms with Crippen LogP contribution in [0.5, 0.6) is 0 Å². The van der Waals surface area contributed by atoms with Gasteiger partial charge in [-0.1, -0.05) is 0 Å². The zero-order chi connectivity index (χ0) is 10.7. The van der Waals surface area contributed by atoms with Crippen LogP contribution in [0.4, 0.5) is 0 Å². The van der Waals surface area contributed by atoms with Crippen LogP contribution >= 0.6 is 0 Å². The first-order chi connectivity index (χ1) is 7.25. The van der Waals surface area contributed by atoms with E-state index in [0.29, 0.717) is 18.5 Å². The first-order valence-electron chi connectivity index (χ1n) is 5.83. The maximum absolute atomic E-state index is 11.1. The van der Waals surface area contributed by atoms with E-state index in [2.05, 4.69) is 17.3 Å². The number of carbonyl (C=O) groups excluding carboxylic acids is 1. The molecule has 1 N–H and O–H groups in total. The van der Waals surface area contributed by atoms with Crippen LogP contribution < -0.4 is 5.32 Å². The van der Waals surface area contributed by atoms with Gasteiger partial charge in [0.1, 0.15) is 0 Å². The Balaban J connectivity index is 1.75. The van der Waals surface area contributed by atoms with Crippen molar-refractivity contribution in [3.05, 3.63) is 0 Å². The highest BCUT2D eigenvalue weighted by Crippen LogP contribution is 2.14. The highest BCUT2D eigenvalue weighted by molar-refractivity contribution is 5.78. The molecule has 1 unspecified atom stereocenters. The minimum Gasteiger partial charge on any atom is -0.380 e. The van der Waals surface area contributed by atoms with Crippen LogP contribution in [0.15, 0.2) is 0 Å². The molecule has 15 heavy (non-hydrogen) atoms. The first kappa shape index (κ1) is 10.9. The molecule has 4 nitrogen and oxygen atoms in total. The molecule has 2 heterocycles. The second-order valence-corrected chi connectivity index (χ2v) is 4.61. The minimum absolute atomic E-state index is 0.202. The van der Waals surface area contributed by atoms with Gasteiger partial charge in [0.2, 0.25) is 5.91 Å². The highest BCUT2D eigenvalue weighted by Gasteiger charge is 2.25. The summed E-state index contributed by atoms with van der Waals surface area (Å²) in [6.45, 7) is 2.71. The van der Waals surface area contributed by atoms with Gasteiger partial charge in [-0.25, -0.2) is 0 Å². The van der Waals surface area contributed by atoms with Gasteiger partial charge in [0, 0.05) is 31.7 Å². The van der Waals surface area contributed by atoms with Crippen LogP contribution in [0.25, 0.3) is 0 Å². The second kappa shape index (κ2) is 4.94. The number of ether oxygens (including phenoxy) is 1. The first-order valence-corrected chi connectivity index (χ1v) is 5.83. The lowest BCUT2D eigenvalue weighted by molar-refractivity contribution is -0.119. The highest BCUT2D eigenvalue weighted by atomic mass is 16.5. The normalized spacial score (nSPS) is 32.0. The van der Waals surface area contributed by atoms with E-state index in [1.165, 1.54) is 6.42 Å². The Labute approximate surface area is 91.0 Å². The summed E-state index contributed by atoms with van der Waals surface area (Å²) in [5.74, 6) is 0.202. The SMILES string of the molecule is CN(C[C@@H]1CCC(=O)N1)C1CCCOC1. The molecular weight excluding hydrogens is 192 g/mol. The molecule has 2 atom stereocenters. The molecule has 2 aliphatic heterocycles. The molecule has 4 heteroatoms. The molecule has 0 saturated carbocycles. The number of hydrogen-bond donors (Lipinski definition) is 1. The van der Waals surface area contributed by atoms with Crippen LogP contribution in [0.2, 0.25) is 0 Å². The predicted octanol–water partition coefficient (Wildman–Crippen LogP) is 0.376. The topological polar surface area (TPSA) is 41.6 Å². The van der Waals surface area contributed by atoms with Crippen molar-refractivity contribution in [2.24, 2.45) is 0 Å². The summed E-state index contributed by atoms with van der Waals surface area (Å²) in [7, 11) is 2.13. The summed E-state index contributed by atoms with van der Waals surface area (Å²) in [4.78, 5) is 13.4. The summed E-state index contributed by atoms with van der Waals surface area (Å²) in [5.41, 5.74) is 0. The molecular formula is C11H20N2O2. The quantitative estimate of drug-likeness (QED) is 0.735. The third kappa shape index (κ3) is 2.92. The van der Waals surface area contributed by atoms with Gasteiger partial charge in [0.15, 0.2) is 0 Å². The Hall–Kier alpha value is -0.610. The van der Waals surface area contributed by atoms with Crippen molar-refractivity contribution >= 4 is 5.91 Å². The third-order valence-electron chi connectivity index (χ3n) is 3.35. The molecule has 2 rings (SSSR count). The number of rotatable bonds is 3. The second-order valence-electron chi connectivity index (χ2n) is 4.61. The number of carbonyl (C=O) groups is 1. The fourth-order valence-corrected chi connectivity index (χ4v) is 2.38. The number of amides is 1. The molecule has 2 fully saturated rings. The molecule has 0 aliphatic carbocycles. The van der Waals surface area contributed by atoms with E-state index < -0.39 is 0 Å². The fourth-order valence-electron chi connectivity index (χ4n) is 2.38. The Morgan fingerprint density at radius 2 is 2.40 bits per heavy atom. The molecule has 0 aromatic heterocycles. The van der Waals surface area contributed by atoms with Crippen LogP contribution in [0.3, 0.4) is 0 Å². The van der Waals surface area contributed by atoms with Crippen molar-refractivity contribution in [2.45, 2.75) is 37.8 Å². The average Bonchev–Trinajstić information content (AvgIpc) is 2.65. The summed E-state index contributed by atoms with van der Waals surface area (Å²) < 4.78 is 5.46. The number of hydrogen-bond acceptors (Lipinski definition) is 3. The van der Waals surface area contributed by atoms with Crippen molar-refractivity contribution in [3.63, 3.8) is 0 Å². The summed E-state index contributed by atoms with van der Waals surface area (Å²) in [5, 5.41) is 3.00. The van der Waals surface area contributed by atoms with Gasteiger partial charge in [-0.15, -0.1) is 0 Å². The molecule has 0 aromatic rings. The number of nitrogens with one attached hydrogen (secondary N) is 1. The molecule has 2 aliphatic rings. The van der Waals surface area contributed by atoms with Gasteiger partial charge in [-0.3, -0.25) is 9.69 Å². The van der Waals surface area contributed by atoms with Crippen molar-refractivity contribution in [3.8, 4) is 0 Å².